The number of nitrogens with zero attached hydrogens (tertiary/aromatic N) is 2. The molecule has 1 aromatic heterocycles. The van der Waals surface area contributed by atoms with Crippen molar-refractivity contribution in [3.05, 3.63) is 17.8 Å². The first kappa shape index (κ1) is 14.2. The lowest BCUT2D eigenvalue weighted by atomic mass is 9.89. The molecular weight excluding hydrogens is 225 g/mol. The highest BCUT2D eigenvalue weighted by Gasteiger charge is 2.25. The topological polar surface area (TPSA) is 65.8 Å². The van der Waals surface area contributed by atoms with Crippen LogP contribution in [0.4, 0.5) is 5.82 Å². The monoisotopic (exact) mass is 243 g/mol. The van der Waals surface area contributed by atoms with Gasteiger partial charge in [-0.15, -0.1) is 0 Å². The first-order valence-electron chi connectivity index (χ1n) is 6.04. The lowest BCUT2D eigenvalue weighted by molar-refractivity contribution is -0.124. The zero-order valence-electron chi connectivity index (χ0n) is 11.4. The second-order valence-electron chi connectivity index (χ2n) is 5.02. The smallest absolute Gasteiger partial charge is 0.231 e. The van der Waals surface area contributed by atoms with Crippen LogP contribution < -0.4 is 10.8 Å². The van der Waals surface area contributed by atoms with Crippen LogP contribution in [-0.2, 0) is 11.2 Å². The lowest BCUT2D eigenvalue weighted by Crippen LogP contribution is -2.30. The van der Waals surface area contributed by atoms with E-state index in [9.17, 15) is 4.79 Å². The molecule has 0 fully saturated rings. The first-order chi connectivity index (χ1) is 8.40. The zero-order chi connectivity index (χ0) is 13.8. The maximum Gasteiger partial charge on any atom is 0.231 e. The molecule has 0 aliphatic carbocycles. The molecule has 0 unspecified atom stereocenters. The quantitative estimate of drug-likeness (QED) is 0.794. The molecular formula is C13H18BN3O. The van der Waals surface area contributed by atoms with Gasteiger partial charge in [0.25, 0.3) is 0 Å². The van der Waals surface area contributed by atoms with Crippen molar-refractivity contribution in [2.75, 3.05) is 5.32 Å². The average molecular weight is 243 g/mol. The van der Waals surface area contributed by atoms with Gasteiger partial charge in [-0.05, 0) is 18.1 Å². The Hall–Kier alpha value is -1.83. The van der Waals surface area contributed by atoms with Crippen molar-refractivity contribution in [1.29, 1.82) is 5.26 Å². The second kappa shape index (κ2) is 5.68. The van der Waals surface area contributed by atoms with E-state index in [1.165, 1.54) is 0 Å². The maximum atomic E-state index is 12.0. The van der Waals surface area contributed by atoms with Crippen molar-refractivity contribution in [3.8, 4) is 6.07 Å². The lowest BCUT2D eigenvalue weighted by Gasteiger charge is -2.21. The number of carbonyl (C=O) groups is 1. The molecule has 1 amide bonds. The summed E-state index contributed by atoms with van der Waals surface area (Å²) in [5, 5.41) is 11.5. The Balaban J connectivity index is 2.90. The predicted molar refractivity (Wildman–Crippen MR) is 74.4 cm³/mol. The van der Waals surface area contributed by atoms with Crippen LogP contribution in [0.1, 0.15) is 32.8 Å². The highest BCUT2D eigenvalue weighted by Crippen LogP contribution is 2.21. The molecule has 0 spiro atoms. The van der Waals surface area contributed by atoms with Crippen molar-refractivity contribution < 1.29 is 4.79 Å². The standard InChI is InChI=1S/C13H18BN3O/c1-4-13(2,3)12(18)17-11-7-9(5-6-15)10(14)8-16-11/h7-8H,4-5,14H2,1-3H3,(H,16,17,18). The molecule has 0 aromatic carbocycles. The highest BCUT2D eigenvalue weighted by molar-refractivity contribution is 6.33. The number of amides is 1. The Labute approximate surface area is 109 Å². The second-order valence-corrected chi connectivity index (χ2v) is 5.02. The molecule has 0 saturated heterocycles. The van der Waals surface area contributed by atoms with Gasteiger partial charge < -0.3 is 5.32 Å². The van der Waals surface area contributed by atoms with Crippen molar-refractivity contribution in [2.24, 2.45) is 5.41 Å². The predicted octanol–water partition coefficient (Wildman–Crippen LogP) is 0.781. The van der Waals surface area contributed by atoms with Crippen molar-refractivity contribution in [3.63, 3.8) is 0 Å². The number of pyridine rings is 1. The third-order valence-electron chi connectivity index (χ3n) is 3.22. The SMILES string of the molecule is Bc1cnc(NC(=O)C(C)(C)CC)cc1CC#N. The summed E-state index contributed by atoms with van der Waals surface area (Å²) in [5.41, 5.74) is 1.45. The normalized spacial score (nSPS) is 10.8. The van der Waals surface area contributed by atoms with E-state index in [0.717, 1.165) is 17.4 Å². The van der Waals surface area contributed by atoms with Crippen molar-refractivity contribution in [1.82, 2.24) is 4.98 Å². The van der Waals surface area contributed by atoms with E-state index < -0.39 is 5.41 Å². The zero-order valence-corrected chi connectivity index (χ0v) is 11.4. The number of hydrogen-bond donors (Lipinski definition) is 1. The summed E-state index contributed by atoms with van der Waals surface area (Å²) in [6, 6.07) is 3.87. The van der Waals surface area contributed by atoms with Gasteiger partial charge in [0.1, 0.15) is 13.7 Å². The molecule has 4 nitrogen and oxygen atoms in total. The van der Waals surface area contributed by atoms with Crippen LogP contribution in [-0.4, -0.2) is 18.7 Å². The third-order valence-corrected chi connectivity index (χ3v) is 3.22. The summed E-state index contributed by atoms with van der Waals surface area (Å²) in [7, 11) is 1.90. The number of aromatic nitrogens is 1. The summed E-state index contributed by atoms with van der Waals surface area (Å²) >= 11 is 0. The number of rotatable bonds is 4. The summed E-state index contributed by atoms with van der Waals surface area (Å²) in [5.74, 6) is 0.460. The molecule has 0 radical (unpaired) electrons. The van der Waals surface area contributed by atoms with Crippen LogP contribution in [0.3, 0.4) is 0 Å². The average Bonchev–Trinajstić information content (AvgIpc) is 2.33. The number of carbonyl (C=O) groups excluding carboxylic acids is 1. The van der Waals surface area contributed by atoms with E-state index in [1.807, 2.05) is 28.6 Å². The van der Waals surface area contributed by atoms with Crippen LogP contribution in [0.25, 0.3) is 0 Å². The Kier molecular flexibility index (Phi) is 4.49. The molecule has 5 heteroatoms. The first-order valence-corrected chi connectivity index (χ1v) is 6.04. The summed E-state index contributed by atoms with van der Waals surface area (Å²) in [6.07, 6.45) is 2.77. The molecule has 1 N–H and O–H groups in total. The van der Waals surface area contributed by atoms with Gasteiger partial charge in [-0.25, -0.2) is 4.98 Å². The molecule has 0 aliphatic rings. The number of hydrogen-bond acceptors (Lipinski definition) is 3. The Bertz CT molecular complexity index is 491. The van der Waals surface area contributed by atoms with Crippen molar-refractivity contribution >= 4 is 25.0 Å². The molecule has 1 aromatic rings. The summed E-state index contributed by atoms with van der Waals surface area (Å²) < 4.78 is 0. The Morgan fingerprint density at radius 3 is 2.83 bits per heavy atom. The minimum atomic E-state index is -0.415. The van der Waals surface area contributed by atoms with Crippen LogP contribution in [0, 0.1) is 16.7 Å². The van der Waals surface area contributed by atoms with E-state index in [2.05, 4.69) is 16.4 Å². The molecule has 0 atom stereocenters. The van der Waals surface area contributed by atoms with Gasteiger partial charge in [0.2, 0.25) is 5.91 Å². The van der Waals surface area contributed by atoms with Gasteiger partial charge in [-0.1, -0.05) is 26.2 Å². The summed E-state index contributed by atoms with van der Waals surface area (Å²) in [6.45, 7) is 5.77. The minimum absolute atomic E-state index is 0.0516. The number of nitrogens with one attached hydrogen (secondary N) is 1. The molecule has 0 saturated carbocycles. The van der Waals surface area contributed by atoms with Gasteiger partial charge >= 0.3 is 0 Å². The largest absolute Gasteiger partial charge is 0.310 e. The van der Waals surface area contributed by atoms with Gasteiger partial charge in [-0.3, -0.25) is 4.79 Å². The van der Waals surface area contributed by atoms with E-state index in [-0.39, 0.29) is 5.91 Å². The molecule has 0 aliphatic heterocycles. The van der Waals surface area contributed by atoms with Crippen LogP contribution in [0.15, 0.2) is 12.3 Å². The molecule has 94 valence electrons. The molecule has 1 heterocycles. The Morgan fingerprint density at radius 1 is 1.61 bits per heavy atom. The third kappa shape index (κ3) is 3.33. The number of nitriles is 1. The fourth-order valence-electron chi connectivity index (χ4n) is 1.36. The minimum Gasteiger partial charge on any atom is -0.310 e. The van der Waals surface area contributed by atoms with E-state index in [1.54, 1.807) is 12.3 Å². The maximum absolute atomic E-state index is 12.0. The van der Waals surface area contributed by atoms with Gasteiger partial charge in [0, 0.05) is 11.6 Å². The molecule has 0 bridgehead atoms. The van der Waals surface area contributed by atoms with Crippen LogP contribution in [0.2, 0.25) is 0 Å². The van der Waals surface area contributed by atoms with E-state index in [4.69, 9.17) is 5.26 Å². The fraction of sp³-hybridized carbons (Fsp3) is 0.462. The highest BCUT2D eigenvalue weighted by atomic mass is 16.2. The van der Waals surface area contributed by atoms with Gasteiger partial charge in [0.05, 0.1) is 12.5 Å². The van der Waals surface area contributed by atoms with Gasteiger partial charge in [-0.2, -0.15) is 5.26 Å². The Morgan fingerprint density at radius 2 is 2.28 bits per heavy atom. The van der Waals surface area contributed by atoms with E-state index >= 15 is 0 Å². The number of anilines is 1. The summed E-state index contributed by atoms with van der Waals surface area (Å²) in [4.78, 5) is 16.2. The van der Waals surface area contributed by atoms with Crippen molar-refractivity contribution in [2.45, 2.75) is 33.6 Å². The fourth-order valence-corrected chi connectivity index (χ4v) is 1.36. The molecule has 18 heavy (non-hydrogen) atoms. The van der Waals surface area contributed by atoms with Gasteiger partial charge in [0.15, 0.2) is 0 Å². The van der Waals surface area contributed by atoms with Crippen LogP contribution in [0.5, 0.6) is 0 Å². The molecule has 1 rings (SSSR count). The van der Waals surface area contributed by atoms with Crippen LogP contribution >= 0.6 is 0 Å². The van der Waals surface area contributed by atoms with E-state index in [0.29, 0.717) is 12.2 Å².